The van der Waals surface area contributed by atoms with E-state index in [1.165, 1.54) is 4.90 Å². The average molecular weight is 378 g/mol. The molecule has 1 saturated carbocycles. The summed E-state index contributed by atoms with van der Waals surface area (Å²) in [7, 11) is 3.40. The summed E-state index contributed by atoms with van der Waals surface area (Å²) in [5, 5.41) is 13.8. The van der Waals surface area contributed by atoms with Crippen LogP contribution in [0.15, 0.2) is 30.3 Å². The van der Waals surface area contributed by atoms with E-state index in [2.05, 4.69) is 10.1 Å². The Morgan fingerprint density at radius 3 is 2.54 bits per heavy atom. The summed E-state index contributed by atoms with van der Waals surface area (Å²) in [4.78, 5) is 29.3. The van der Waals surface area contributed by atoms with Gasteiger partial charge in [0.2, 0.25) is 0 Å². The van der Waals surface area contributed by atoms with Crippen LogP contribution in [0.25, 0.3) is 16.9 Å². The highest BCUT2D eigenvalue weighted by atomic mass is 16.4. The number of hydrogen-bond donors (Lipinski definition) is 1. The van der Waals surface area contributed by atoms with Gasteiger partial charge in [-0.2, -0.15) is 5.10 Å². The van der Waals surface area contributed by atoms with Crippen molar-refractivity contribution in [3.8, 4) is 11.3 Å². The normalized spacial score (nSPS) is 18.3. The molecule has 4 rings (SSSR count). The Morgan fingerprint density at radius 2 is 1.93 bits per heavy atom. The van der Waals surface area contributed by atoms with Gasteiger partial charge < -0.3 is 10.0 Å². The fourth-order valence-corrected chi connectivity index (χ4v) is 3.64. The van der Waals surface area contributed by atoms with Gasteiger partial charge >= 0.3 is 5.97 Å². The Morgan fingerprint density at radius 1 is 1.18 bits per heavy atom. The van der Waals surface area contributed by atoms with Crippen molar-refractivity contribution in [3.05, 3.63) is 52.8 Å². The molecule has 28 heavy (non-hydrogen) atoms. The van der Waals surface area contributed by atoms with Gasteiger partial charge in [0.05, 0.1) is 11.6 Å². The molecule has 144 valence electrons. The van der Waals surface area contributed by atoms with Crippen molar-refractivity contribution < 1.29 is 14.7 Å². The summed E-state index contributed by atoms with van der Waals surface area (Å²) in [5.41, 5.74) is 5.70. The number of hydrogen-bond acceptors (Lipinski definition) is 4. The molecular weight excluding hydrogens is 356 g/mol. The number of fused-ring (bicyclic) bond motifs is 1. The third-order valence-corrected chi connectivity index (χ3v) is 5.29. The van der Waals surface area contributed by atoms with Gasteiger partial charge in [-0.1, -0.05) is 18.2 Å². The number of carbonyl (C=O) groups is 2. The lowest BCUT2D eigenvalue weighted by Crippen LogP contribution is -2.23. The monoisotopic (exact) mass is 378 g/mol. The number of benzene rings is 1. The Kier molecular flexibility index (Phi) is 4.18. The van der Waals surface area contributed by atoms with Crippen molar-refractivity contribution in [1.82, 2.24) is 19.5 Å². The van der Waals surface area contributed by atoms with Gasteiger partial charge in [-0.05, 0) is 43.4 Å². The van der Waals surface area contributed by atoms with E-state index >= 15 is 0 Å². The molecular formula is C21H22N4O3. The molecule has 7 heteroatoms. The third-order valence-electron chi connectivity index (χ3n) is 5.29. The maximum atomic E-state index is 12.2. The van der Waals surface area contributed by atoms with E-state index in [-0.39, 0.29) is 17.7 Å². The van der Waals surface area contributed by atoms with E-state index in [9.17, 15) is 9.59 Å². The smallest absolute Gasteiger partial charge is 0.307 e. The summed E-state index contributed by atoms with van der Waals surface area (Å²) < 4.78 is 1.73. The van der Waals surface area contributed by atoms with Crippen molar-refractivity contribution >= 4 is 17.5 Å². The van der Waals surface area contributed by atoms with E-state index < -0.39 is 5.97 Å². The van der Waals surface area contributed by atoms with Gasteiger partial charge in [-0.15, -0.1) is 0 Å². The quantitative estimate of drug-likeness (QED) is 0.754. The second-order valence-corrected chi connectivity index (χ2v) is 7.64. The maximum Gasteiger partial charge on any atom is 0.307 e. The summed E-state index contributed by atoms with van der Waals surface area (Å²) in [6.45, 7) is 3.90. The number of aryl methyl sites for hydroxylation is 2. The van der Waals surface area contributed by atoms with Crippen molar-refractivity contribution in [2.24, 2.45) is 5.92 Å². The molecule has 2 unspecified atom stereocenters. The highest BCUT2D eigenvalue weighted by Crippen LogP contribution is 2.48. The molecule has 0 spiro atoms. The zero-order valence-electron chi connectivity index (χ0n) is 16.3. The third kappa shape index (κ3) is 3.02. The number of carboxylic acids is 1. The second-order valence-electron chi connectivity index (χ2n) is 7.64. The molecule has 2 atom stereocenters. The first-order chi connectivity index (χ1) is 13.3. The van der Waals surface area contributed by atoms with Crippen LogP contribution < -0.4 is 0 Å². The van der Waals surface area contributed by atoms with Gasteiger partial charge in [0, 0.05) is 31.4 Å². The molecule has 0 aliphatic heterocycles. The lowest BCUT2D eigenvalue weighted by molar-refractivity contribution is -0.138. The van der Waals surface area contributed by atoms with E-state index in [1.54, 1.807) is 24.7 Å². The zero-order chi connectivity index (χ0) is 20.2. The molecule has 1 fully saturated rings. The largest absolute Gasteiger partial charge is 0.481 e. The molecule has 3 aromatic rings. The minimum absolute atomic E-state index is 0.106. The van der Waals surface area contributed by atoms with Crippen LogP contribution in [0.3, 0.4) is 0 Å². The van der Waals surface area contributed by atoms with Crippen molar-refractivity contribution in [1.29, 1.82) is 0 Å². The molecule has 1 aliphatic carbocycles. The summed E-state index contributed by atoms with van der Waals surface area (Å²) in [6, 6.07) is 9.64. The SMILES string of the molecule is Cc1cc(C2CC2C(=O)O)ccc1-c1cc2nc(C(=O)N(C)C)cc(C)n2n1. The van der Waals surface area contributed by atoms with E-state index in [0.29, 0.717) is 17.8 Å². The lowest BCUT2D eigenvalue weighted by Gasteiger charge is -2.10. The summed E-state index contributed by atoms with van der Waals surface area (Å²) in [5.74, 6) is -1.03. The number of carbonyl (C=O) groups excluding carboxylic acids is 1. The van der Waals surface area contributed by atoms with Gasteiger partial charge in [-0.3, -0.25) is 9.59 Å². The number of rotatable bonds is 4. The molecule has 2 aromatic heterocycles. The lowest BCUT2D eigenvalue weighted by atomic mass is 10.00. The minimum atomic E-state index is -0.725. The van der Waals surface area contributed by atoms with Gasteiger partial charge in [-0.25, -0.2) is 9.50 Å². The Labute approximate surface area is 162 Å². The highest BCUT2D eigenvalue weighted by molar-refractivity contribution is 5.92. The molecule has 7 nitrogen and oxygen atoms in total. The predicted octanol–water partition coefficient (Wildman–Crippen LogP) is 2.90. The predicted molar refractivity (Wildman–Crippen MR) is 104 cm³/mol. The molecule has 1 aromatic carbocycles. The topological polar surface area (TPSA) is 87.8 Å². The Hall–Kier alpha value is -3.22. The zero-order valence-corrected chi connectivity index (χ0v) is 16.3. The first kappa shape index (κ1) is 18.2. The van der Waals surface area contributed by atoms with Gasteiger partial charge in [0.15, 0.2) is 5.65 Å². The molecule has 1 N–H and O–H groups in total. The standard InChI is InChI=1S/C21H22N4O3/c1-11-7-13(15-9-16(15)21(27)28)5-6-14(11)17-10-19-22-18(20(26)24(3)4)8-12(2)25(19)23-17/h5-8,10,15-16H,9H2,1-4H3,(H,27,28). The molecule has 0 saturated heterocycles. The van der Waals surface area contributed by atoms with Crippen LogP contribution in [-0.4, -0.2) is 50.6 Å². The molecule has 1 amide bonds. The van der Waals surface area contributed by atoms with E-state index in [0.717, 1.165) is 28.1 Å². The van der Waals surface area contributed by atoms with Crippen LogP contribution in [0.2, 0.25) is 0 Å². The van der Waals surface area contributed by atoms with Crippen LogP contribution in [0.4, 0.5) is 0 Å². The fourth-order valence-electron chi connectivity index (χ4n) is 3.64. The first-order valence-corrected chi connectivity index (χ1v) is 9.19. The van der Waals surface area contributed by atoms with E-state index in [4.69, 9.17) is 5.11 Å². The van der Waals surface area contributed by atoms with Crippen LogP contribution in [0.1, 0.15) is 39.6 Å². The molecule has 0 radical (unpaired) electrons. The first-order valence-electron chi connectivity index (χ1n) is 9.19. The summed E-state index contributed by atoms with van der Waals surface area (Å²) >= 11 is 0. The van der Waals surface area contributed by atoms with Gasteiger partial charge in [0.1, 0.15) is 5.69 Å². The fraction of sp³-hybridized carbons (Fsp3) is 0.333. The Balaban J connectivity index is 1.70. The van der Waals surface area contributed by atoms with Crippen LogP contribution in [-0.2, 0) is 4.79 Å². The minimum Gasteiger partial charge on any atom is -0.481 e. The van der Waals surface area contributed by atoms with Crippen molar-refractivity contribution in [2.75, 3.05) is 14.1 Å². The van der Waals surface area contributed by atoms with Crippen LogP contribution >= 0.6 is 0 Å². The van der Waals surface area contributed by atoms with Crippen molar-refractivity contribution in [3.63, 3.8) is 0 Å². The van der Waals surface area contributed by atoms with Crippen molar-refractivity contribution in [2.45, 2.75) is 26.2 Å². The van der Waals surface area contributed by atoms with Crippen LogP contribution in [0.5, 0.6) is 0 Å². The summed E-state index contributed by atoms with van der Waals surface area (Å²) in [6.07, 6.45) is 0.703. The molecule has 0 bridgehead atoms. The van der Waals surface area contributed by atoms with Crippen LogP contribution in [0, 0.1) is 19.8 Å². The van der Waals surface area contributed by atoms with E-state index in [1.807, 2.05) is 38.1 Å². The number of aromatic nitrogens is 3. The average Bonchev–Trinajstić information content (AvgIpc) is 3.33. The maximum absolute atomic E-state index is 12.2. The molecule has 1 aliphatic rings. The number of aliphatic carboxylic acids is 1. The highest BCUT2D eigenvalue weighted by Gasteiger charge is 2.44. The van der Waals surface area contributed by atoms with Gasteiger partial charge in [0.25, 0.3) is 5.91 Å². The Bertz CT molecular complexity index is 1120. The molecule has 2 heterocycles. The second kappa shape index (κ2) is 6.44. The number of nitrogens with zero attached hydrogens (tertiary/aromatic N) is 4. The number of carboxylic acid groups (broad SMARTS) is 1. The number of amides is 1.